The van der Waals surface area contributed by atoms with Gasteiger partial charge < -0.3 is 24.6 Å². The number of nitrogens with one attached hydrogen (secondary N) is 1. The van der Waals surface area contributed by atoms with Gasteiger partial charge in [-0.25, -0.2) is 4.79 Å². The van der Waals surface area contributed by atoms with Gasteiger partial charge in [0.15, 0.2) is 0 Å². The molecule has 2 rings (SSSR count). The first-order valence-corrected chi connectivity index (χ1v) is 7.65. The van der Waals surface area contributed by atoms with Crippen molar-refractivity contribution in [2.75, 3.05) is 58.5 Å². The van der Waals surface area contributed by atoms with Crippen LogP contribution in [0.3, 0.4) is 0 Å². The Morgan fingerprint density at radius 3 is 2.68 bits per heavy atom. The quantitative estimate of drug-likeness (QED) is 0.811. The van der Waals surface area contributed by atoms with Gasteiger partial charge in [-0.1, -0.05) is 6.07 Å². The predicted octanol–water partition coefficient (Wildman–Crippen LogP) is 1.56. The van der Waals surface area contributed by atoms with E-state index < -0.39 is 0 Å². The van der Waals surface area contributed by atoms with E-state index in [-0.39, 0.29) is 6.03 Å². The van der Waals surface area contributed by atoms with Gasteiger partial charge in [-0.2, -0.15) is 0 Å². The van der Waals surface area contributed by atoms with Gasteiger partial charge in [0, 0.05) is 58.2 Å². The number of benzene rings is 1. The van der Waals surface area contributed by atoms with E-state index in [4.69, 9.17) is 9.47 Å². The van der Waals surface area contributed by atoms with E-state index in [9.17, 15) is 4.79 Å². The molecule has 1 aromatic carbocycles. The zero-order valence-electron chi connectivity index (χ0n) is 13.4. The molecule has 0 radical (unpaired) electrons. The largest absolute Gasteiger partial charge is 0.497 e. The lowest BCUT2D eigenvalue weighted by molar-refractivity contribution is 0.183. The van der Waals surface area contributed by atoms with Crippen LogP contribution in [0, 0.1) is 0 Å². The third-order valence-electron chi connectivity index (χ3n) is 3.79. The zero-order valence-corrected chi connectivity index (χ0v) is 13.4. The number of piperazine rings is 1. The van der Waals surface area contributed by atoms with Crippen molar-refractivity contribution in [1.29, 1.82) is 0 Å². The molecule has 6 nitrogen and oxygen atoms in total. The number of hydrogen-bond donors (Lipinski definition) is 1. The van der Waals surface area contributed by atoms with Crippen LogP contribution in [0.25, 0.3) is 0 Å². The van der Waals surface area contributed by atoms with Gasteiger partial charge in [0.1, 0.15) is 5.75 Å². The average molecular weight is 307 g/mol. The Morgan fingerprint density at radius 2 is 2.00 bits per heavy atom. The third kappa shape index (κ3) is 4.53. The maximum atomic E-state index is 12.0. The Hall–Kier alpha value is -1.95. The third-order valence-corrected chi connectivity index (χ3v) is 3.79. The lowest BCUT2D eigenvalue weighted by atomic mass is 10.2. The molecule has 1 heterocycles. The van der Waals surface area contributed by atoms with Gasteiger partial charge in [0.05, 0.1) is 7.11 Å². The standard InChI is InChI=1S/C16H25N3O3/c1-21-12-4-7-17-16(20)19-10-8-18(9-11-19)14-5-3-6-15(13-14)22-2/h3,5-6,13H,4,7-12H2,1-2H3,(H,17,20). The van der Waals surface area contributed by atoms with Crippen molar-refractivity contribution in [2.24, 2.45) is 0 Å². The number of hydrogen-bond acceptors (Lipinski definition) is 4. The van der Waals surface area contributed by atoms with Crippen LogP contribution in [0.5, 0.6) is 5.75 Å². The average Bonchev–Trinajstić information content (AvgIpc) is 2.59. The molecule has 22 heavy (non-hydrogen) atoms. The van der Waals surface area contributed by atoms with Gasteiger partial charge in [0.25, 0.3) is 0 Å². The summed E-state index contributed by atoms with van der Waals surface area (Å²) in [5.74, 6) is 0.857. The van der Waals surface area contributed by atoms with Crippen molar-refractivity contribution in [3.05, 3.63) is 24.3 Å². The predicted molar refractivity (Wildman–Crippen MR) is 86.7 cm³/mol. The number of nitrogens with zero attached hydrogens (tertiary/aromatic N) is 2. The van der Waals surface area contributed by atoms with Crippen LogP contribution in [-0.4, -0.2) is 64.5 Å². The van der Waals surface area contributed by atoms with Crippen LogP contribution in [0.1, 0.15) is 6.42 Å². The summed E-state index contributed by atoms with van der Waals surface area (Å²) < 4.78 is 10.2. The molecule has 0 saturated carbocycles. The summed E-state index contributed by atoms with van der Waals surface area (Å²) in [4.78, 5) is 16.2. The second-order valence-corrected chi connectivity index (χ2v) is 5.25. The number of methoxy groups -OCH3 is 2. The van der Waals surface area contributed by atoms with Crippen molar-refractivity contribution >= 4 is 11.7 Å². The maximum absolute atomic E-state index is 12.0. The summed E-state index contributed by atoms with van der Waals surface area (Å²) >= 11 is 0. The van der Waals surface area contributed by atoms with Crippen LogP contribution < -0.4 is 15.0 Å². The van der Waals surface area contributed by atoms with Gasteiger partial charge in [-0.15, -0.1) is 0 Å². The number of carbonyl (C=O) groups excluding carboxylic acids is 1. The smallest absolute Gasteiger partial charge is 0.317 e. The topological polar surface area (TPSA) is 54.0 Å². The molecule has 1 fully saturated rings. The lowest BCUT2D eigenvalue weighted by Gasteiger charge is -2.36. The highest BCUT2D eigenvalue weighted by Gasteiger charge is 2.21. The fourth-order valence-electron chi connectivity index (χ4n) is 2.50. The normalized spacial score (nSPS) is 14.8. The Balaban J connectivity index is 1.78. The van der Waals surface area contributed by atoms with E-state index in [2.05, 4.69) is 16.3 Å². The summed E-state index contributed by atoms with van der Waals surface area (Å²) in [6.45, 7) is 4.45. The Kier molecular flexibility index (Phi) is 6.33. The van der Waals surface area contributed by atoms with Gasteiger partial charge >= 0.3 is 6.03 Å². The van der Waals surface area contributed by atoms with E-state index in [0.717, 1.165) is 44.0 Å². The van der Waals surface area contributed by atoms with Crippen LogP contribution in [0.15, 0.2) is 24.3 Å². The van der Waals surface area contributed by atoms with Crippen LogP contribution in [0.2, 0.25) is 0 Å². The van der Waals surface area contributed by atoms with Crippen LogP contribution in [0.4, 0.5) is 10.5 Å². The minimum absolute atomic E-state index is 0.0152. The molecule has 0 aliphatic carbocycles. The molecule has 6 heteroatoms. The maximum Gasteiger partial charge on any atom is 0.317 e. The van der Waals surface area contributed by atoms with E-state index in [1.165, 1.54) is 0 Å². The molecule has 1 aliphatic heterocycles. The fourth-order valence-corrected chi connectivity index (χ4v) is 2.50. The molecule has 0 aromatic heterocycles. The monoisotopic (exact) mass is 307 g/mol. The number of anilines is 1. The summed E-state index contributed by atoms with van der Waals surface area (Å²) in [5, 5.41) is 2.93. The zero-order chi connectivity index (χ0) is 15.8. The highest BCUT2D eigenvalue weighted by molar-refractivity contribution is 5.74. The number of carbonyl (C=O) groups is 1. The first-order chi connectivity index (χ1) is 10.7. The number of urea groups is 1. The summed E-state index contributed by atoms with van der Waals surface area (Å²) in [6.07, 6.45) is 0.839. The number of ether oxygens (including phenoxy) is 2. The van der Waals surface area contributed by atoms with Crippen molar-refractivity contribution < 1.29 is 14.3 Å². The van der Waals surface area contributed by atoms with Crippen molar-refractivity contribution in [3.63, 3.8) is 0 Å². The molecule has 0 unspecified atom stereocenters. The molecule has 0 atom stereocenters. The Bertz CT molecular complexity index is 473. The Morgan fingerprint density at radius 1 is 1.23 bits per heavy atom. The van der Waals surface area contributed by atoms with E-state index in [0.29, 0.717) is 13.2 Å². The molecule has 1 saturated heterocycles. The van der Waals surface area contributed by atoms with Gasteiger partial charge in [-0.3, -0.25) is 0 Å². The molecule has 0 bridgehead atoms. The second kappa shape index (κ2) is 8.48. The van der Waals surface area contributed by atoms with E-state index in [1.807, 2.05) is 23.1 Å². The Labute approximate surface area is 132 Å². The summed E-state index contributed by atoms with van der Waals surface area (Å²) in [6, 6.07) is 8.04. The highest BCUT2D eigenvalue weighted by Crippen LogP contribution is 2.22. The molecule has 122 valence electrons. The number of rotatable bonds is 6. The minimum Gasteiger partial charge on any atom is -0.497 e. The highest BCUT2D eigenvalue weighted by atomic mass is 16.5. The fraction of sp³-hybridized carbons (Fsp3) is 0.562. The molecule has 1 aliphatic rings. The van der Waals surface area contributed by atoms with Crippen LogP contribution in [-0.2, 0) is 4.74 Å². The van der Waals surface area contributed by atoms with Crippen molar-refractivity contribution in [2.45, 2.75) is 6.42 Å². The van der Waals surface area contributed by atoms with Crippen molar-refractivity contribution in [3.8, 4) is 5.75 Å². The van der Waals surface area contributed by atoms with Gasteiger partial charge in [-0.05, 0) is 18.6 Å². The second-order valence-electron chi connectivity index (χ2n) is 5.25. The minimum atomic E-state index is 0.0152. The molecular weight excluding hydrogens is 282 g/mol. The van der Waals surface area contributed by atoms with Crippen LogP contribution >= 0.6 is 0 Å². The van der Waals surface area contributed by atoms with E-state index >= 15 is 0 Å². The van der Waals surface area contributed by atoms with Gasteiger partial charge in [0.2, 0.25) is 0 Å². The molecular formula is C16H25N3O3. The van der Waals surface area contributed by atoms with Crippen molar-refractivity contribution in [1.82, 2.24) is 10.2 Å². The molecule has 2 amide bonds. The molecule has 1 N–H and O–H groups in total. The lowest BCUT2D eigenvalue weighted by Crippen LogP contribution is -2.52. The first-order valence-electron chi connectivity index (χ1n) is 7.65. The summed E-state index contributed by atoms with van der Waals surface area (Å²) in [7, 11) is 3.34. The molecule has 1 aromatic rings. The SMILES string of the molecule is COCCCNC(=O)N1CCN(c2cccc(OC)c2)CC1. The number of amides is 2. The first kappa shape index (κ1) is 16.4. The molecule has 0 spiro atoms. The summed E-state index contributed by atoms with van der Waals surface area (Å²) in [5.41, 5.74) is 1.14. The van der Waals surface area contributed by atoms with E-state index in [1.54, 1.807) is 14.2 Å².